The van der Waals surface area contributed by atoms with Gasteiger partial charge in [0.25, 0.3) is 10.1 Å². The van der Waals surface area contributed by atoms with Gasteiger partial charge in [-0.05, 0) is 29.9 Å². The first-order valence-corrected chi connectivity index (χ1v) is 8.12. The lowest BCUT2D eigenvalue weighted by Crippen LogP contribution is -2.26. The molecule has 8 nitrogen and oxygen atoms in total. The van der Waals surface area contributed by atoms with Crippen molar-refractivity contribution in [3.63, 3.8) is 0 Å². The summed E-state index contributed by atoms with van der Waals surface area (Å²) in [6, 6.07) is 0. The lowest BCUT2D eigenvalue weighted by molar-refractivity contribution is -0.394. The summed E-state index contributed by atoms with van der Waals surface area (Å²) in [5.41, 5.74) is 0.681. The van der Waals surface area contributed by atoms with Crippen LogP contribution in [0.3, 0.4) is 0 Å². The number of hydrogen-bond donors (Lipinski definition) is 0. The van der Waals surface area contributed by atoms with Crippen molar-refractivity contribution < 1.29 is 17.5 Å². The van der Waals surface area contributed by atoms with Crippen LogP contribution in [0, 0.1) is 10.1 Å². The van der Waals surface area contributed by atoms with Crippen molar-refractivity contribution in [2.45, 2.75) is 18.6 Å². The summed E-state index contributed by atoms with van der Waals surface area (Å²) in [7, 11) is -3.84. The zero-order chi connectivity index (χ0) is 16.3. The van der Waals surface area contributed by atoms with E-state index in [-0.39, 0.29) is 13.0 Å². The molecule has 1 aliphatic carbocycles. The van der Waals surface area contributed by atoms with Gasteiger partial charge in [0.15, 0.2) is 0 Å². The Kier molecular flexibility index (Phi) is 4.89. The zero-order valence-electron chi connectivity index (χ0n) is 11.5. The molecule has 0 radical (unpaired) electrons. The quantitative estimate of drug-likeness (QED) is 0.455. The Balaban J connectivity index is 2.43. The van der Waals surface area contributed by atoms with Gasteiger partial charge in [0.1, 0.15) is 17.6 Å². The van der Waals surface area contributed by atoms with Crippen molar-refractivity contribution in [2.75, 3.05) is 6.61 Å². The third-order valence-corrected chi connectivity index (χ3v) is 4.90. The molecule has 0 aromatic carbocycles. The lowest BCUT2D eigenvalue weighted by atomic mass is 9.99. The maximum atomic E-state index is 12.2. The Labute approximate surface area is 131 Å². The average Bonchev–Trinajstić information content (AvgIpc) is 2.47. The Morgan fingerprint density at radius 2 is 2.09 bits per heavy atom. The normalized spacial score (nSPS) is 18.5. The molecule has 0 aliphatic heterocycles. The molecule has 0 N–H and O–H groups in total. The number of hydrogen-bond acceptors (Lipinski definition) is 7. The molecule has 2 rings (SSSR count). The second-order valence-electron chi connectivity index (χ2n) is 4.34. The summed E-state index contributed by atoms with van der Waals surface area (Å²) in [6.45, 7) is 1.59. The lowest BCUT2D eigenvalue weighted by Gasteiger charge is -2.21. The van der Waals surface area contributed by atoms with Crippen molar-refractivity contribution in [1.82, 2.24) is 9.97 Å². The number of halogens is 1. The summed E-state index contributed by atoms with van der Waals surface area (Å²) in [6.07, 6.45) is 5.57. The van der Waals surface area contributed by atoms with Crippen LogP contribution < -0.4 is 0 Å². The Morgan fingerprint density at radius 1 is 1.45 bits per heavy atom. The maximum absolute atomic E-state index is 12.2. The fraction of sp³-hybridized carbons (Fsp3) is 0.333. The van der Waals surface area contributed by atoms with Crippen LogP contribution in [0.1, 0.15) is 18.9 Å². The first-order valence-electron chi connectivity index (χ1n) is 6.27. The van der Waals surface area contributed by atoms with Crippen LogP contribution in [-0.2, 0) is 14.3 Å². The van der Waals surface area contributed by atoms with Crippen LogP contribution in [0.4, 0.5) is 5.95 Å². The minimum Gasteiger partial charge on any atom is -0.390 e. The second kappa shape index (κ2) is 6.51. The third-order valence-electron chi connectivity index (χ3n) is 2.93. The van der Waals surface area contributed by atoms with Gasteiger partial charge < -0.3 is 10.1 Å². The molecule has 0 fully saturated rings. The molecule has 22 heavy (non-hydrogen) atoms. The minimum atomic E-state index is -3.84. The van der Waals surface area contributed by atoms with Gasteiger partial charge in [0, 0.05) is 10.6 Å². The Hall–Kier alpha value is -1.84. The first kappa shape index (κ1) is 16.5. The molecule has 0 amide bonds. The van der Waals surface area contributed by atoms with E-state index in [2.05, 4.69) is 9.97 Å². The van der Waals surface area contributed by atoms with Gasteiger partial charge in [-0.2, -0.15) is 8.42 Å². The van der Waals surface area contributed by atoms with Gasteiger partial charge in [-0.1, -0.05) is 27.6 Å². The fourth-order valence-electron chi connectivity index (χ4n) is 2.00. The smallest absolute Gasteiger partial charge is 0.390 e. The van der Waals surface area contributed by atoms with Crippen molar-refractivity contribution in [1.29, 1.82) is 0 Å². The fourth-order valence-corrected chi connectivity index (χ4v) is 3.55. The van der Waals surface area contributed by atoms with Crippen LogP contribution in [0.15, 0.2) is 29.6 Å². The van der Waals surface area contributed by atoms with Gasteiger partial charge in [0.05, 0.1) is 6.61 Å². The molecule has 1 aliphatic rings. The third kappa shape index (κ3) is 3.49. The molecular weight excluding hydrogens is 334 g/mol. The molecule has 0 saturated heterocycles. The van der Waals surface area contributed by atoms with Crippen LogP contribution in [0.25, 0.3) is 5.57 Å². The van der Waals surface area contributed by atoms with E-state index in [9.17, 15) is 18.5 Å². The monoisotopic (exact) mass is 345 g/mol. The predicted octanol–water partition coefficient (Wildman–Crippen LogP) is 2.03. The highest BCUT2D eigenvalue weighted by atomic mass is 35.5. The molecular formula is C12H12ClN3O5S. The average molecular weight is 346 g/mol. The molecule has 10 heteroatoms. The summed E-state index contributed by atoms with van der Waals surface area (Å²) < 4.78 is 29.2. The zero-order valence-corrected chi connectivity index (χ0v) is 13.0. The number of rotatable bonds is 5. The molecule has 1 aromatic rings. The van der Waals surface area contributed by atoms with E-state index >= 15 is 0 Å². The van der Waals surface area contributed by atoms with Crippen molar-refractivity contribution in [3.05, 3.63) is 45.3 Å². The van der Waals surface area contributed by atoms with E-state index in [0.29, 0.717) is 16.2 Å². The van der Waals surface area contributed by atoms with E-state index in [1.807, 2.05) is 0 Å². The summed E-state index contributed by atoms with van der Waals surface area (Å²) in [5.74, 6) is -0.564. The van der Waals surface area contributed by atoms with E-state index in [0.717, 1.165) is 0 Å². The highest BCUT2D eigenvalue weighted by Crippen LogP contribution is 2.33. The predicted molar refractivity (Wildman–Crippen MR) is 79.6 cm³/mol. The van der Waals surface area contributed by atoms with Crippen LogP contribution in [0.2, 0.25) is 0 Å². The van der Waals surface area contributed by atoms with Crippen LogP contribution >= 0.6 is 11.6 Å². The van der Waals surface area contributed by atoms with E-state index in [1.165, 1.54) is 18.5 Å². The molecule has 1 aromatic heterocycles. The van der Waals surface area contributed by atoms with Crippen LogP contribution in [0.5, 0.6) is 0 Å². The maximum Gasteiger partial charge on any atom is 0.468 e. The topological polar surface area (TPSA) is 112 Å². The number of aromatic nitrogens is 2. The number of allylic oxidation sites excluding steroid dienone is 3. The van der Waals surface area contributed by atoms with E-state index in [1.54, 1.807) is 13.0 Å². The minimum absolute atomic E-state index is 0.0142. The SMILES string of the molecule is CCOS(=O)(=O)C1CC=C(Cl)C=C1c1cnc([N+](=O)[O-])nc1. The second-order valence-corrected chi connectivity index (χ2v) is 6.57. The van der Waals surface area contributed by atoms with Gasteiger partial charge in [-0.3, -0.25) is 4.18 Å². The molecule has 118 valence electrons. The van der Waals surface area contributed by atoms with Crippen molar-refractivity contribution in [2.24, 2.45) is 0 Å². The summed E-state index contributed by atoms with van der Waals surface area (Å²) in [4.78, 5) is 17.0. The van der Waals surface area contributed by atoms with Gasteiger partial charge in [-0.25, -0.2) is 0 Å². The summed E-state index contributed by atoms with van der Waals surface area (Å²) >= 11 is 5.94. The van der Waals surface area contributed by atoms with Gasteiger partial charge in [0.2, 0.25) is 0 Å². The number of nitro groups is 1. The standard InChI is InChI=1S/C12H12ClN3O5S/c1-2-21-22(19,20)11-4-3-9(13)5-10(11)8-6-14-12(15-7-8)16(17)18/h3,5-7,11H,2,4H2,1H3. The molecule has 1 unspecified atom stereocenters. The molecule has 0 bridgehead atoms. The first-order chi connectivity index (χ1) is 10.3. The Bertz CT molecular complexity index is 743. The van der Waals surface area contributed by atoms with E-state index in [4.69, 9.17) is 15.8 Å². The molecule has 1 atom stereocenters. The van der Waals surface area contributed by atoms with Crippen LogP contribution in [-0.4, -0.2) is 35.2 Å². The number of nitrogens with zero attached hydrogens (tertiary/aromatic N) is 3. The van der Waals surface area contributed by atoms with E-state index < -0.39 is 26.2 Å². The van der Waals surface area contributed by atoms with Crippen molar-refractivity contribution in [3.8, 4) is 0 Å². The highest BCUT2D eigenvalue weighted by Gasteiger charge is 2.33. The molecule has 0 saturated carbocycles. The van der Waals surface area contributed by atoms with Gasteiger partial charge >= 0.3 is 5.95 Å². The highest BCUT2D eigenvalue weighted by molar-refractivity contribution is 7.87. The van der Waals surface area contributed by atoms with Gasteiger partial charge in [-0.15, -0.1) is 0 Å². The van der Waals surface area contributed by atoms with Crippen molar-refractivity contribution >= 4 is 33.2 Å². The molecule has 1 heterocycles. The largest absolute Gasteiger partial charge is 0.468 e. The summed E-state index contributed by atoms with van der Waals surface area (Å²) in [5, 5.41) is 9.98. The molecule has 0 spiro atoms. The Morgan fingerprint density at radius 3 is 2.64 bits per heavy atom.